The Hall–Kier alpha value is -1.14. The van der Waals surface area contributed by atoms with Gasteiger partial charge in [-0.25, -0.2) is 0 Å². The molecule has 0 spiro atoms. The second-order valence-corrected chi connectivity index (χ2v) is 5.15. The molecule has 1 heterocycles. The molecular weight excluding hydrogens is 349 g/mol. The van der Waals surface area contributed by atoms with Gasteiger partial charge < -0.3 is 0 Å². The number of aromatic nitrogens is 3. The third kappa shape index (κ3) is 2.02. The molecule has 0 bridgehead atoms. The molecule has 0 saturated heterocycles. The second kappa shape index (κ2) is 4.27. The molecule has 3 nitrogen and oxygen atoms in total. The maximum Gasteiger partial charge on any atom is 0.115 e. The number of para-hydroxylation sites is 1. The normalized spacial score (nSPS) is 10.9. The molecule has 5 heteroatoms. The average molecular weight is 356 g/mol. The number of nitrogens with zero attached hydrogens (tertiary/aromatic N) is 3. The number of rotatable bonds is 1. The topological polar surface area (TPSA) is 30.7 Å². The van der Waals surface area contributed by atoms with Crippen molar-refractivity contribution in [1.82, 2.24) is 15.0 Å². The van der Waals surface area contributed by atoms with Crippen molar-refractivity contribution in [2.24, 2.45) is 0 Å². The van der Waals surface area contributed by atoms with Crippen molar-refractivity contribution in [3.63, 3.8) is 0 Å². The SMILES string of the molecule is Clc1cc2nn(-c3ccccc3)nc2cc1I. The van der Waals surface area contributed by atoms with Gasteiger partial charge in [0, 0.05) is 3.57 Å². The van der Waals surface area contributed by atoms with E-state index < -0.39 is 0 Å². The van der Waals surface area contributed by atoms with Gasteiger partial charge in [0.15, 0.2) is 0 Å². The number of hydrogen-bond donors (Lipinski definition) is 0. The molecule has 0 unspecified atom stereocenters. The van der Waals surface area contributed by atoms with Gasteiger partial charge in [0.1, 0.15) is 11.0 Å². The summed E-state index contributed by atoms with van der Waals surface area (Å²) in [5.41, 5.74) is 2.59. The summed E-state index contributed by atoms with van der Waals surface area (Å²) in [5, 5.41) is 9.54. The molecule has 0 aliphatic rings. The van der Waals surface area contributed by atoms with E-state index in [2.05, 4.69) is 32.8 Å². The average Bonchev–Trinajstić information content (AvgIpc) is 2.74. The van der Waals surface area contributed by atoms with Crippen LogP contribution in [0.5, 0.6) is 0 Å². The maximum absolute atomic E-state index is 6.06. The van der Waals surface area contributed by atoms with Crippen LogP contribution in [-0.4, -0.2) is 15.0 Å². The van der Waals surface area contributed by atoms with Crippen molar-refractivity contribution in [1.29, 1.82) is 0 Å². The summed E-state index contributed by atoms with van der Waals surface area (Å²) >= 11 is 8.25. The van der Waals surface area contributed by atoms with Crippen molar-refractivity contribution in [3.8, 4) is 5.69 Å². The lowest BCUT2D eigenvalue weighted by Gasteiger charge is -1.96. The minimum Gasteiger partial charge on any atom is -0.150 e. The van der Waals surface area contributed by atoms with Crippen LogP contribution in [0.25, 0.3) is 16.7 Å². The summed E-state index contributed by atoms with van der Waals surface area (Å²) in [4.78, 5) is 1.62. The van der Waals surface area contributed by atoms with E-state index in [0.29, 0.717) is 5.02 Å². The van der Waals surface area contributed by atoms with Gasteiger partial charge >= 0.3 is 0 Å². The van der Waals surface area contributed by atoms with E-state index in [1.807, 2.05) is 42.5 Å². The molecule has 0 aliphatic heterocycles. The highest BCUT2D eigenvalue weighted by Gasteiger charge is 2.07. The van der Waals surface area contributed by atoms with Crippen molar-refractivity contribution >= 4 is 45.2 Å². The van der Waals surface area contributed by atoms with Crippen molar-refractivity contribution in [3.05, 3.63) is 51.1 Å². The standard InChI is InChI=1S/C12H7ClIN3/c13-9-6-11-12(7-10(9)14)16-17(15-11)8-4-2-1-3-5-8/h1-7H. The summed E-state index contributed by atoms with van der Waals surface area (Å²) in [7, 11) is 0. The Labute approximate surface area is 117 Å². The van der Waals surface area contributed by atoms with E-state index in [9.17, 15) is 0 Å². The third-order valence-corrected chi connectivity index (χ3v) is 3.93. The molecule has 0 aliphatic carbocycles. The van der Waals surface area contributed by atoms with Crippen LogP contribution in [0, 0.1) is 3.57 Å². The fourth-order valence-electron chi connectivity index (χ4n) is 1.59. The molecule has 2 aromatic carbocycles. The van der Waals surface area contributed by atoms with Crippen LogP contribution >= 0.6 is 34.2 Å². The minimum absolute atomic E-state index is 0.707. The highest BCUT2D eigenvalue weighted by molar-refractivity contribution is 14.1. The quantitative estimate of drug-likeness (QED) is 0.624. The van der Waals surface area contributed by atoms with E-state index in [0.717, 1.165) is 20.3 Å². The molecule has 0 fully saturated rings. The zero-order valence-corrected chi connectivity index (χ0v) is 11.6. The first-order valence-electron chi connectivity index (χ1n) is 5.01. The third-order valence-electron chi connectivity index (χ3n) is 2.41. The molecule has 17 heavy (non-hydrogen) atoms. The van der Waals surface area contributed by atoms with Crippen LogP contribution in [-0.2, 0) is 0 Å². The molecule has 84 valence electrons. The van der Waals surface area contributed by atoms with Crippen LogP contribution < -0.4 is 0 Å². The Balaban J connectivity index is 2.21. The molecule has 0 atom stereocenters. The lowest BCUT2D eigenvalue weighted by atomic mass is 10.3. The summed E-state index contributed by atoms with van der Waals surface area (Å²) in [5.74, 6) is 0. The number of halogens is 2. The molecule has 1 aromatic heterocycles. The smallest absolute Gasteiger partial charge is 0.115 e. The van der Waals surface area contributed by atoms with Gasteiger partial charge in [-0.15, -0.1) is 10.2 Å². The number of hydrogen-bond acceptors (Lipinski definition) is 2. The van der Waals surface area contributed by atoms with Gasteiger partial charge in [-0.3, -0.25) is 0 Å². The Morgan fingerprint density at radius 1 is 1.00 bits per heavy atom. The second-order valence-electron chi connectivity index (χ2n) is 3.58. The summed E-state index contributed by atoms with van der Waals surface area (Å²) in [6, 6.07) is 13.6. The van der Waals surface area contributed by atoms with Crippen molar-refractivity contribution in [2.75, 3.05) is 0 Å². The van der Waals surface area contributed by atoms with Crippen LogP contribution in [0.2, 0.25) is 5.02 Å². The summed E-state index contributed by atoms with van der Waals surface area (Å²) in [6.07, 6.45) is 0. The monoisotopic (exact) mass is 355 g/mol. The number of fused-ring (bicyclic) bond motifs is 1. The van der Waals surface area contributed by atoms with Gasteiger partial charge in [0.2, 0.25) is 0 Å². The zero-order chi connectivity index (χ0) is 11.8. The first-order chi connectivity index (χ1) is 8.24. The zero-order valence-electron chi connectivity index (χ0n) is 8.64. The first kappa shape index (κ1) is 11.0. The van der Waals surface area contributed by atoms with E-state index in [4.69, 9.17) is 11.6 Å². The minimum atomic E-state index is 0.707. The van der Waals surface area contributed by atoms with E-state index in [-0.39, 0.29) is 0 Å². The highest BCUT2D eigenvalue weighted by Crippen LogP contribution is 2.23. The molecule has 0 N–H and O–H groups in total. The Morgan fingerprint density at radius 2 is 1.65 bits per heavy atom. The Morgan fingerprint density at radius 3 is 2.35 bits per heavy atom. The van der Waals surface area contributed by atoms with Gasteiger partial charge in [0.05, 0.1) is 10.7 Å². The summed E-state index contributed by atoms with van der Waals surface area (Å²) in [6.45, 7) is 0. The lowest BCUT2D eigenvalue weighted by Crippen LogP contribution is -1.97. The van der Waals surface area contributed by atoms with Crippen molar-refractivity contribution in [2.45, 2.75) is 0 Å². The highest BCUT2D eigenvalue weighted by atomic mass is 127. The maximum atomic E-state index is 6.06. The van der Waals surface area contributed by atoms with Gasteiger partial charge in [-0.05, 0) is 46.9 Å². The van der Waals surface area contributed by atoms with Gasteiger partial charge in [-0.1, -0.05) is 29.8 Å². The fourth-order valence-corrected chi connectivity index (χ4v) is 2.20. The predicted octanol–water partition coefficient (Wildman–Crippen LogP) is 3.68. The van der Waals surface area contributed by atoms with Gasteiger partial charge in [0.25, 0.3) is 0 Å². The largest absolute Gasteiger partial charge is 0.150 e. The lowest BCUT2D eigenvalue weighted by molar-refractivity contribution is 0.766. The van der Waals surface area contributed by atoms with Crippen LogP contribution in [0.1, 0.15) is 0 Å². The Bertz CT molecular complexity index is 640. The van der Waals surface area contributed by atoms with Crippen molar-refractivity contribution < 1.29 is 0 Å². The van der Waals surface area contributed by atoms with E-state index in [1.165, 1.54) is 0 Å². The molecule has 0 saturated carbocycles. The fraction of sp³-hybridized carbons (Fsp3) is 0. The molecular formula is C12H7ClIN3. The number of benzene rings is 2. The first-order valence-corrected chi connectivity index (χ1v) is 6.47. The van der Waals surface area contributed by atoms with E-state index in [1.54, 1.807) is 4.80 Å². The van der Waals surface area contributed by atoms with Crippen LogP contribution in [0.15, 0.2) is 42.5 Å². The molecule has 3 aromatic rings. The predicted molar refractivity (Wildman–Crippen MR) is 76.6 cm³/mol. The van der Waals surface area contributed by atoms with Crippen LogP contribution in [0.4, 0.5) is 0 Å². The molecule has 0 radical (unpaired) electrons. The summed E-state index contributed by atoms with van der Waals surface area (Å²) < 4.78 is 0.983. The van der Waals surface area contributed by atoms with Gasteiger partial charge in [-0.2, -0.15) is 4.80 Å². The molecule has 0 amide bonds. The molecule has 3 rings (SSSR count). The van der Waals surface area contributed by atoms with Crippen LogP contribution in [0.3, 0.4) is 0 Å². The Kier molecular flexibility index (Phi) is 2.76. The van der Waals surface area contributed by atoms with E-state index >= 15 is 0 Å².